The number of rotatable bonds is 7. The number of imide groups is 1. The number of nitrogens with one attached hydrogen (secondary N) is 2. The van der Waals surface area contributed by atoms with Crippen LogP contribution in [0.1, 0.15) is 17.7 Å². The summed E-state index contributed by atoms with van der Waals surface area (Å²) >= 11 is 1.68. The molecule has 0 saturated heterocycles. The first-order valence-electron chi connectivity index (χ1n) is 6.64. The molecule has 1 aliphatic carbocycles. The van der Waals surface area contributed by atoms with Crippen molar-refractivity contribution in [3.63, 3.8) is 0 Å². The highest BCUT2D eigenvalue weighted by atomic mass is 32.1. The molecule has 6 heteroatoms. The van der Waals surface area contributed by atoms with Crippen LogP contribution < -0.4 is 10.6 Å². The van der Waals surface area contributed by atoms with Gasteiger partial charge in [0.05, 0.1) is 6.54 Å². The Morgan fingerprint density at radius 3 is 2.90 bits per heavy atom. The van der Waals surface area contributed by atoms with E-state index in [9.17, 15) is 9.59 Å². The Morgan fingerprint density at radius 2 is 2.30 bits per heavy atom. The summed E-state index contributed by atoms with van der Waals surface area (Å²) in [6.45, 7) is 4.87. The van der Waals surface area contributed by atoms with Gasteiger partial charge in [0.2, 0.25) is 5.91 Å². The van der Waals surface area contributed by atoms with E-state index in [4.69, 9.17) is 0 Å². The van der Waals surface area contributed by atoms with Crippen molar-refractivity contribution in [3.05, 3.63) is 35.0 Å². The van der Waals surface area contributed by atoms with Crippen molar-refractivity contribution in [1.29, 1.82) is 0 Å². The van der Waals surface area contributed by atoms with Crippen LogP contribution in [0.4, 0.5) is 4.79 Å². The van der Waals surface area contributed by atoms with Crippen LogP contribution in [0.5, 0.6) is 0 Å². The molecule has 1 saturated carbocycles. The first-order valence-corrected chi connectivity index (χ1v) is 7.52. The van der Waals surface area contributed by atoms with Gasteiger partial charge in [0, 0.05) is 24.0 Å². The summed E-state index contributed by atoms with van der Waals surface area (Å²) in [6, 6.07) is 4.07. The van der Waals surface area contributed by atoms with E-state index in [1.54, 1.807) is 17.4 Å². The minimum absolute atomic E-state index is 0.254. The Hall–Kier alpha value is -1.66. The Balaban J connectivity index is 1.80. The van der Waals surface area contributed by atoms with Crippen LogP contribution in [-0.4, -0.2) is 36.0 Å². The molecule has 0 aliphatic heterocycles. The van der Waals surface area contributed by atoms with Gasteiger partial charge >= 0.3 is 6.03 Å². The van der Waals surface area contributed by atoms with E-state index in [1.807, 2.05) is 11.4 Å². The third kappa shape index (κ3) is 4.79. The first-order chi connectivity index (χ1) is 9.69. The predicted molar refractivity (Wildman–Crippen MR) is 79.5 cm³/mol. The molecule has 0 aromatic carbocycles. The van der Waals surface area contributed by atoms with E-state index in [-0.39, 0.29) is 12.5 Å². The largest absolute Gasteiger partial charge is 0.334 e. The maximum absolute atomic E-state index is 11.9. The maximum atomic E-state index is 11.9. The normalized spacial score (nSPS) is 14.1. The van der Waals surface area contributed by atoms with Crippen molar-refractivity contribution in [3.8, 4) is 0 Å². The first kappa shape index (κ1) is 14.7. The molecule has 5 nitrogen and oxygen atoms in total. The van der Waals surface area contributed by atoms with E-state index in [1.165, 1.54) is 4.88 Å². The monoisotopic (exact) mass is 293 g/mol. The second kappa shape index (κ2) is 7.21. The predicted octanol–water partition coefficient (Wildman–Crippen LogP) is 1.72. The lowest BCUT2D eigenvalue weighted by molar-refractivity contribution is -0.121. The van der Waals surface area contributed by atoms with E-state index in [2.05, 4.69) is 28.2 Å². The van der Waals surface area contributed by atoms with Crippen molar-refractivity contribution < 1.29 is 9.59 Å². The molecular weight excluding hydrogens is 274 g/mol. The van der Waals surface area contributed by atoms with Gasteiger partial charge in [-0.1, -0.05) is 12.1 Å². The van der Waals surface area contributed by atoms with E-state index in [0.29, 0.717) is 12.6 Å². The zero-order valence-corrected chi connectivity index (χ0v) is 12.1. The molecule has 1 fully saturated rings. The summed E-state index contributed by atoms with van der Waals surface area (Å²) < 4.78 is 0. The van der Waals surface area contributed by atoms with Gasteiger partial charge < -0.3 is 5.32 Å². The molecule has 2 N–H and O–H groups in total. The summed E-state index contributed by atoms with van der Waals surface area (Å²) in [6.07, 6.45) is 3.82. The molecule has 0 radical (unpaired) electrons. The topological polar surface area (TPSA) is 61.4 Å². The molecule has 1 aromatic heterocycles. The molecule has 2 rings (SSSR count). The van der Waals surface area contributed by atoms with Crippen LogP contribution in [0, 0.1) is 0 Å². The molecule has 0 atom stereocenters. The highest BCUT2D eigenvalue weighted by Crippen LogP contribution is 2.28. The fraction of sp³-hybridized carbons (Fsp3) is 0.429. The number of carbonyl (C=O) groups is 2. The lowest BCUT2D eigenvalue weighted by atomic mass is 10.3. The molecule has 1 heterocycles. The van der Waals surface area contributed by atoms with Crippen LogP contribution in [-0.2, 0) is 11.3 Å². The molecular formula is C14H19N3O2S. The number of nitrogens with zero attached hydrogens (tertiary/aromatic N) is 1. The molecule has 3 amide bonds. The fourth-order valence-electron chi connectivity index (χ4n) is 1.92. The maximum Gasteiger partial charge on any atom is 0.321 e. The highest BCUT2D eigenvalue weighted by molar-refractivity contribution is 7.09. The molecule has 0 unspecified atom stereocenters. The zero-order valence-electron chi connectivity index (χ0n) is 11.3. The van der Waals surface area contributed by atoms with Crippen molar-refractivity contribution in [2.45, 2.75) is 25.4 Å². The van der Waals surface area contributed by atoms with Gasteiger partial charge in [0.25, 0.3) is 0 Å². The fourth-order valence-corrected chi connectivity index (χ4v) is 2.65. The molecule has 20 heavy (non-hydrogen) atoms. The SMILES string of the molecule is C=CCNC(=O)NC(=O)CN(Cc1cccs1)C1CC1. The van der Waals surface area contributed by atoms with Gasteiger partial charge in [-0.25, -0.2) is 4.79 Å². The molecule has 0 bridgehead atoms. The Bertz CT molecular complexity index is 469. The van der Waals surface area contributed by atoms with Gasteiger partial charge in [0.15, 0.2) is 0 Å². The number of carbonyl (C=O) groups excluding carboxylic acids is 2. The van der Waals surface area contributed by atoms with Gasteiger partial charge in [-0.3, -0.25) is 15.0 Å². The Morgan fingerprint density at radius 1 is 1.50 bits per heavy atom. The van der Waals surface area contributed by atoms with Crippen LogP contribution in [0.25, 0.3) is 0 Å². The number of urea groups is 1. The summed E-state index contributed by atoms with van der Waals surface area (Å²) in [4.78, 5) is 26.6. The van der Waals surface area contributed by atoms with Gasteiger partial charge in [-0.2, -0.15) is 0 Å². The van der Waals surface area contributed by atoms with Gasteiger partial charge in [0.1, 0.15) is 0 Å². The van der Waals surface area contributed by atoms with Crippen molar-refractivity contribution in [1.82, 2.24) is 15.5 Å². The summed E-state index contributed by atoms with van der Waals surface area (Å²) in [5, 5.41) is 6.88. The molecule has 1 aromatic rings. The second-order valence-electron chi connectivity index (χ2n) is 4.76. The minimum atomic E-state index is -0.471. The molecule has 1 aliphatic rings. The standard InChI is InChI=1S/C14H19N3O2S/c1-2-7-15-14(19)16-13(18)10-17(11-5-6-11)9-12-4-3-8-20-12/h2-4,8,11H,1,5-7,9-10H2,(H2,15,16,18,19). The quantitative estimate of drug-likeness (QED) is 0.753. The van der Waals surface area contributed by atoms with E-state index < -0.39 is 6.03 Å². The number of hydrogen-bond acceptors (Lipinski definition) is 4. The summed E-state index contributed by atoms with van der Waals surface area (Å²) in [7, 11) is 0. The van der Waals surface area contributed by atoms with Crippen LogP contribution in [0.15, 0.2) is 30.2 Å². The lowest BCUT2D eigenvalue weighted by Gasteiger charge is -2.20. The zero-order chi connectivity index (χ0) is 14.4. The smallest absolute Gasteiger partial charge is 0.321 e. The Labute approximate surface area is 122 Å². The molecule has 0 spiro atoms. The van der Waals surface area contributed by atoms with Crippen molar-refractivity contribution in [2.75, 3.05) is 13.1 Å². The van der Waals surface area contributed by atoms with Gasteiger partial charge in [-0.15, -0.1) is 17.9 Å². The summed E-state index contributed by atoms with van der Waals surface area (Å²) in [5.74, 6) is -0.269. The second-order valence-corrected chi connectivity index (χ2v) is 5.79. The number of thiophene rings is 1. The summed E-state index contributed by atoms with van der Waals surface area (Å²) in [5.41, 5.74) is 0. The third-order valence-electron chi connectivity index (χ3n) is 3.01. The van der Waals surface area contributed by atoms with Crippen LogP contribution >= 0.6 is 11.3 Å². The van der Waals surface area contributed by atoms with Crippen molar-refractivity contribution >= 4 is 23.3 Å². The average Bonchev–Trinajstić information content (AvgIpc) is 3.14. The molecule has 108 valence electrons. The minimum Gasteiger partial charge on any atom is -0.334 e. The van der Waals surface area contributed by atoms with Crippen molar-refractivity contribution in [2.24, 2.45) is 0 Å². The van der Waals surface area contributed by atoms with E-state index >= 15 is 0 Å². The highest BCUT2D eigenvalue weighted by Gasteiger charge is 2.30. The van der Waals surface area contributed by atoms with Crippen LogP contribution in [0.2, 0.25) is 0 Å². The lowest BCUT2D eigenvalue weighted by Crippen LogP contribution is -2.44. The number of hydrogen-bond donors (Lipinski definition) is 2. The average molecular weight is 293 g/mol. The number of amides is 3. The van der Waals surface area contributed by atoms with Crippen LogP contribution in [0.3, 0.4) is 0 Å². The van der Waals surface area contributed by atoms with E-state index in [0.717, 1.165) is 19.4 Å². The third-order valence-corrected chi connectivity index (χ3v) is 3.87. The van der Waals surface area contributed by atoms with Gasteiger partial charge in [-0.05, 0) is 24.3 Å². The Kier molecular flexibility index (Phi) is 5.31.